The molecule has 0 aromatic carbocycles. The van der Waals surface area contributed by atoms with Gasteiger partial charge in [-0.05, 0) is 25.7 Å². The summed E-state index contributed by atoms with van der Waals surface area (Å²) in [7, 11) is 1.90. The molecule has 2 unspecified atom stereocenters. The summed E-state index contributed by atoms with van der Waals surface area (Å²) in [6.07, 6.45) is 2.23. The summed E-state index contributed by atoms with van der Waals surface area (Å²) >= 11 is 0. The van der Waals surface area contributed by atoms with Crippen LogP contribution in [-0.4, -0.2) is 28.9 Å². The van der Waals surface area contributed by atoms with Gasteiger partial charge in [0.15, 0.2) is 0 Å². The summed E-state index contributed by atoms with van der Waals surface area (Å²) < 4.78 is 1.81. The van der Waals surface area contributed by atoms with E-state index in [4.69, 9.17) is 5.73 Å². The summed E-state index contributed by atoms with van der Waals surface area (Å²) in [5.74, 6) is 1.63. The van der Waals surface area contributed by atoms with Crippen molar-refractivity contribution in [3.05, 3.63) is 11.3 Å². The zero-order chi connectivity index (χ0) is 13.3. The first-order valence-corrected chi connectivity index (χ1v) is 6.48. The number of anilines is 1. The molecule has 0 radical (unpaired) electrons. The number of nitrogens with two attached hydrogens (primary N) is 1. The number of hydrogen-bond acceptors (Lipinski definition) is 4. The zero-order valence-corrected chi connectivity index (χ0v) is 11.3. The number of aromatic nitrogens is 2. The Morgan fingerprint density at radius 2 is 2.28 bits per heavy atom. The van der Waals surface area contributed by atoms with Crippen LogP contribution in [0.1, 0.15) is 31.0 Å². The molecule has 1 aliphatic rings. The second-order valence-corrected chi connectivity index (χ2v) is 5.23. The maximum absolute atomic E-state index is 9.29. The summed E-state index contributed by atoms with van der Waals surface area (Å²) in [4.78, 5) is 2.26. The average Bonchev–Trinajstić information content (AvgIpc) is 2.63. The molecule has 98 valence electrons. The van der Waals surface area contributed by atoms with Crippen LogP contribution in [0.2, 0.25) is 0 Å². The van der Waals surface area contributed by atoms with Crippen molar-refractivity contribution in [1.82, 2.24) is 9.78 Å². The van der Waals surface area contributed by atoms with Crippen molar-refractivity contribution in [3.8, 4) is 6.07 Å². The third kappa shape index (κ3) is 2.08. The molecule has 5 heteroatoms. The van der Waals surface area contributed by atoms with Crippen molar-refractivity contribution in [1.29, 1.82) is 5.26 Å². The van der Waals surface area contributed by atoms with E-state index in [1.54, 1.807) is 0 Å². The topological polar surface area (TPSA) is 70.9 Å². The van der Waals surface area contributed by atoms with Crippen molar-refractivity contribution >= 4 is 5.82 Å². The molecule has 5 nitrogen and oxygen atoms in total. The van der Waals surface area contributed by atoms with Gasteiger partial charge in [0.1, 0.15) is 17.5 Å². The number of nitrogens with zero attached hydrogens (tertiary/aromatic N) is 4. The smallest absolute Gasteiger partial charge is 0.145 e. The van der Waals surface area contributed by atoms with Crippen LogP contribution in [0.15, 0.2) is 0 Å². The standard InChI is InChI=1S/C13H21N5/c1-9-4-5-18(11(6-9)7-14)13-12(8-15)10(2)16-17(13)3/h9,11H,4-7,14H2,1-3H3. The lowest BCUT2D eigenvalue weighted by Crippen LogP contribution is -2.47. The van der Waals surface area contributed by atoms with Gasteiger partial charge < -0.3 is 10.6 Å². The average molecular weight is 247 g/mol. The Kier molecular flexibility index (Phi) is 3.58. The predicted molar refractivity (Wildman–Crippen MR) is 71.2 cm³/mol. The van der Waals surface area contributed by atoms with Crippen LogP contribution in [-0.2, 0) is 7.05 Å². The van der Waals surface area contributed by atoms with Gasteiger partial charge in [0.05, 0.1) is 5.69 Å². The van der Waals surface area contributed by atoms with E-state index < -0.39 is 0 Å². The Morgan fingerprint density at radius 1 is 1.56 bits per heavy atom. The Balaban J connectivity index is 2.39. The molecular formula is C13H21N5. The molecule has 0 amide bonds. The zero-order valence-electron chi connectivity index (χ0n) is 11.3. The number of hydrogen-bond donors (Lipinski definition) is 1. The Bertz CT molecular complexity index is 470. The lowest BCUT2D eigenvalue weighted by atomic mass is 9.92. The van der Waals surface area contributed by atoms with Crippen LogP contribution in [0.3, 0.4) is 0 Å². The van der Waals surface area contributed by atoms with Crippen LogP contribution >= 0.6 is 0 Å². The second kappa shape index (κ2) is 4.99. The van der Waals surface area contributed by atoms with Gasteiger partial charge in [0, 0.05) is 26.2 Å². The number of aryl methyl sites for hydroxylation is 2. The van der Waals surface area contributed by atoms with E-state index in [1.807, 2.05) is 18.7 Å². The van der Waals surface area contributed by atoms with Crippen molar-refractivity contribution < 1.29 is 0 Å². The fourth-order valence-electron chi connectivity index (χ4n) is 2.86. The highest BCUT2D eigenvalue weighted by atomic mass is 15.4. The van der Waals surface area contributed by atoms with Crippen LogP contribution < -0.4 is 10.6 Å². The highest BCUT2D eigenvalue weighted by Crippen LogP contribution is 2.30. The molecule has 1 aromatic heterocycles. The number of nitriles is 1. The maximum atomic E-state index is 9.29. The first-order chi connectivity index (χ1) is 8.58. The molecule has 0 aliphatic carbocycles. The third-order valence-corrected chi connectivity index (χ3v) is 3.83. The van der Waals surface area contributed by atoms with Crippen LogP contribution in [0.4, 0.5) is 5.82 Å². The lowest BCUT2D eigenvalue weighted by molar-refractivity contribution is 0.362. The van der Waals surface area contributed by atoms with Gasteiger partial charge in [-0.25, -0.2) is 0 Å². The van der Waals surface area contributed by atoms with Gasteiger partial charge in [-0.2, -0.15) is 10.4 Å². The van der Waals surface area contributed by atoms with Crippen molar-refractivity contribution in [2.75, 3.05) is 18.0 Å². The fraction of sp³-hybridized carbons (Fsp3) is 0.692. The summed E-state index contributed by atoms with van der Waals surface area (Å²) in [6.45, 7) is 5.72. The van der Waals surface area contributed by atoms with E-state index in [-0.39, 0.29) is 0 Å². The van der Waals surface area contributed by atoms with Gasteiger partial charge in [-0.1, -0.05) is 6.92 Å². The maximum Gasteiger partial charge on any atom is 0.145 e. The Labute approximate surface area is 108 Å². The molecular weight excluding hydrogens is 226 g/mol. The molecule has 18 heavy (non-hydrogen) atoms. The molecule has 1 fully saturated rings. The Hall–Kier alpha value is -1.54. The molecule has 1 saturated heterocycles. The number of rotatable bonds is 2. The van der Waals surface area contributed by atoms with E-state index in [9.17, 15) is 5.26 Å². The molecule has 0 saturated carbocycles. The summed E-state index contributed by atoms with van der Waals surface area (Å²) in [6, 6.07) is 2.59. The Morgan fingerprint density at radius 3 is 2.89 bits per heavy atom. The van der Waals surface area contributed by atoms with Gasteiger partial charge >= 0.3 is 0 Å². The molecule has 2 atom stereocenters. The van der Waals surface area contributed by atoms with Gasteiger partial charge in [0.25, 0.3) is 0 Å². The third-order valence-electron chi connectivity index (χ3n) is 3.83. The summed E-state index contributed by atoms with van der Waals surface area (Å²) in [5.41, 5.74) is 7.37. The first kappa shape index (κ1) is 12.9. The van der Waals surface area contributed by atoms with E-state index in [1.165, 1.54) is 0 Å². The van der Waals surface area contributed by atoms with Crippen LogP contribution in [0, 0.1) is 24.2 Å². The lowest BCUT2D eigenvalue weighted by Gasteiger charge is -2.39. The second-order valence-electron chi connectivity index (χ2n) is 5.23. The highest BCUT2D eigenvalue weighted by molar-refractivity contribution is 5.57. The first-order valence-electron chi connectivity index (χ1n) is 6.48. The van der Waals surface area contributed by atoms with Crippen LogP contribution in [0.25, 0.3) is 0 Å². The predicted octanol–water partition coefficient (Wildman–Crippen LogP) is 1.16. The van der Waals surface area contributed by atoms with Crippen molar-refractivity contribution in [2.24, 2.45) is 18.7 Å². The SMILES string of the molecule is Cc1nn(C)c(N2CCC(C)CC2CN)c1C#N. The van der Waals surface area contributed by atoms with Crippen molar-refractivity contribution in [2.45, 2.75) is 32.7 Å². The molecule has 1 aromatic rings. The normalized spacial score (nSPS) is 24.1. The molecule has 1 aliphatic heterocycles. The monoisotopic (exact) mass is 247 g/mol. The minimum atomic E-state index is 0.315. The molecule has 0 bridgehead atoms. The van der Waals surface area contributed by atoms with Crippen LogP contribution in [0.5, 0.6) is 0 Å². The molecule has 2 N–H and O–H groups in total. The van der Waals surface area contributed by atoms with Gasteiger partial charge in [-0.15, -0.1) is 0 Å². The van der Waals surface area contributed by atoms with E-state index in [2.05, 4.69) is 23.0 Å². The highest BCUT2D eigenvalue weighted by Gasteiger charge is 2.29. The summed E-state index contributed by atoms with van der Waals surface area (Å²) in [5, 5.41) is 13.6. The van der Waals surface area contributed by atoms with Crippen molar-refractivity contribution in [3.63, 3.8) is 0 Å². The fourth-order valence-corrected chi connectivity index (χ4v) is 2.86. The van der Waals surface area contributed by atoms with E-state index >= 15 is 0 Å². The van der Waals surface area contributed by atoms with E-state index in [0.717, 1.165) is 30.9 Å². The number of piperidine rings is 1. The van der Waals surface area contributed by atoms with Gasteiger partial charge in [-0.3, -0.25) is 4.68 Å². The van der Waals surface area contributed by atoms with E-state index in [0.29, 0.717) is 24.1 Å². The minimum Gasteiger partial charge on any atom is -0.351 e. The minimum absolute atomic E-state index is 0.315. The molecule has 2 rings (SSSR count). The largest absolute Gasteiger partial charge is 0.351 e. The molecule has 2 heterocycles. The van der Waals surface area contributed by atoms with Gasteiger partial charge in [0.2, 0.25) is 0 Å². The molecule has 0 spiro atoms. The quantitative estimate of drug-likeness (QED) is 0.851.